The number of aromatic nitrogens is 2. The Balaban J connectivity index is 2.14. The fourth-order valence-corrected chi connectivity index (χ4v) is 2.24. The van der Waals surface area contributed by atoms with Gasteiger partial charge >= 0.3 is 0 Å². The third-order valence-corrected chi connectivity index (χ3v) is 3.54. The van der Waals surface area contributed by atoms with Crippen LogP contribution < -0.4 is 5.32 Å². The van der Waals surface area contributed by atoms with E-state index in [0.717, 1.165) is 23.3 Å². The average Bonchev–Trinajstić information content (AvgIpc) is 2.71. The van der Waals surface area contributed by atoms with Gasteiger partial charge in [0, 0.05) is 25.3 Å². The summed E-state index contributed by atoms with van der Waals surface area (Å²) in [4.78, 5) is 16.6. The van der Waals surface area contributed by atoms with E-state index in [0.29, 0.717) is 12.0 Å². The quantitative estimate of drug-likeness (QED) is 0.874. The number of benzene rings is 1. The van der Waals surface area contributed by atoms with Crippen molar-refractivity contribution in [3.63, 3.8) is 0 Å². The van der Waals surface area contributed by atoms with Crippen LogP contribution in [0.15, 0.2) is 18.2 Å². The highest BCUT2D eigenvalue weighted by Gasteiger charge is 2.12. The molecular formula is C15H21N3O2. The van der Waals surface area contributed by atoms with Gasteiger partial charge in [0.05, 0.1) is 11.0 Å². The first-order chi connectivity index (χ1) is 9.52. The maximum atomic E-state index is 12.1. The highest BCUT2D eigenvalue weighted by Crippen LogP contribution is 2.16. The highest BCUT2D eigenvalue weighted by atomic mass is 16.3. The van der Waals surface area contributed by atoms with Crippen molar-refractivity contribution in [3.8, 4) is 0 Å². The second-order valence-electron chi connectivity index (χ2n) is 5.16. The number of hydrogen-bond acceptors (Lipinski definition) is 3. The van der Waals surface area contributed by atoms with Gasteiger partial charge in [0.1, 0.15) is 5.82 Å². The van der Waals surface area contributed by atoms with Gasteiger partial charge in [-0.2, -0.15) is 0 Å². The van der Waals surface area contributed by atoms with Crippen molar-refractivity contribution in [2.24, 2.45) is 7.05 Å². The molecule has 0 saturated carbocycles. The maximum Gasteiger partial charge on any atom is 0.251 e. The summed E-state index contributed by atoms with van der Waals surface area (Å²) >= 11 is 0. The van der Waals surface area contributed by atoms with Crippen LogP contribution in [0.25, 0.3) is 11.0 Å². The van der Waals surface area contributed by atoms with Gasteiger partial charge in [0.25, 0.3) is 5.91 Å². The van der Waals surface area contributed by atoms with E-state index in [4.69, 9.17) is 5.11 Å². The standard InChI is InChI=1S/C15H21N3O2/c1-10(5-4-8-19)16-15(20)12-6-7-14-13(9-12)17-11(2)18(14)3/h6-7,9-10,19H,4-5,8H2,1-3H3,(H,16,20). The Morgan fingerprint density at radius 2 is 2.25 bits per heavy atom. The molecule has 1 amide bonds. The molecular weight excluding hydrogens is 254 g/mol. The summed E-state index contributed by atoms with van der Waals surface area (Å²) in [5.74, 6) is 0.828. The minimum Gasteiger partial charge on any atom is -0.396 e. The Hall–Kier alpha value is -1.88. The Morgan fingerprint density at radius 3 is 2.95 bits per heavy atom. The second-order valence-corrected chi connectivity index (χ2v) is 5.16. The minimum absolute atomic E-state index is 0.0517. The Bertz CT molecular complexity index is 619. The van der Waals surface area contributed by atoms with Gasteiger partial charge in [-0.25, -0.2) is 4.98 Å². The first kappa shape index (κ1) is 14.5. The first-order valence-electron chi connectivity index (χ1n) is 6.87. The number of aliphatic hydroxyl groups is 1. The SMILES string of the molecule is Cc1nc2cc(C(=O)NC(C)CCCO)ccc2n1C. The molecule has 0 radical (unpaired) electrons. The number of carbonyl (C=O) groups excluding carboxylic acids is 1. The van der Waals surface area contributed by atoms with Crippen LogP contribution in [0.1, 0.15) is 35.9 Å². The summed E-state index contributed by atoms with van der Waals surface area (Å²) in [7, 11) is 1.96. The summed E-state index contributed by atoms with van der Waals surface area (Å²) in [6.07, 6.45) is 1.47. The third-order valence-electron chi connectivity index (χ3n) is 3.54. The largest absolute Gasteiger partial charge is 0.396 e. The van der Waals surface area contributed by atoms with Gasteiger partial charge in [-0.1, -0.05) is 0 Å². The van der Waals surface area contributed by atoms with Gasteiger partial charge < -0.3 is 15.0 Å². The van der Waals surface area contributed by atoms with Gasteiger partial charge in [0.15, 0.2) is 0 Å². The van der Waals surface area contributed by atoms with Crippen molar-refractivity contribution in [1.82, 2.24) is 14.9 Å². The topological polar surface area (TPSA) is 67.2 Å². The molecule has 5 heteroatoms. The fourth-order valence-electron chi connectivity index (χ4n) is 2.24. The summed E-state index contributed by atoms with van der Waals surface area (Å²) in [5, 5.41) is 11.7. The zero-order valence-electron chi connectivity index (χ0n) is 12.2. The molecule has 108 valence electrons. The molecule has 1 unspecified atom stereocenters. The number of imidazole rings is 1. The number of hydrogen-bond donors (Lipinski definition) is 2. The van der Waals surface area contributed by atoms with Crippen LogP contribution in [0.2, 0.25) is 0 Å². The van der Waals surface area contributed by atoms with Crippen LogP contribution in [0.5, 0.6) is 0 Å². The predicted octanol–water partition coefficient (Wildman–Crippen LogP) is 1.77. The molecule has 0 saturated heterocycles. The van der Waals surface area contributed by atoms with Crippen molar-refractivity contribution < 1.29 is 9.90 Å². The molecule has 1 aromatic carbocycles. The van der Waals surface area contributed by atoms with Crippen LogP contribution in [-0.4, -0.2) is 33.2 Å². The lowest BCUT2D eigenvalue weighted by Gasteiger charge is -2.13. The Morgan fingerprint density at radius 1 is 1.50 bits per heavy atom. The number of rotatable bonds is 5. The van der Waals surface area contributed by atoms with Crippen molar-refractivity contribution in [3.05, 3.63) is 29.6 Å². The highest BCUT2D eigenvalue weighted by molar-refractivity contribution is 5.97. The minimum atomic E-state index is -0.0966. The average molecular weight is 275 g/mol. The molecule has 0 aliphatic heterocycles. The molecule has 1 atom stereocenters. The fraction of sp³-hybridized carbons (Fsp3) is 0.467. The number of amides is 1. The van der Waals surface area contributed by atoms with Gasteiger partial charge in [0.2, 0.25) is 0 Å². The number of aliphatic hydroxyl groups excluding tert-OH is 1. The second kappa shape index (κ2) is 6.05. The molecule has 2 N–H and O–H groups in total. The summed E-state index contributed by atoms with van der Waals surface area (Å²) in [5.41, 5.74) is 2.47. The first-order valence-corrected chi connectivity index (χ1v) is 6.87. The third kappa shape index (κ3) is 2.99. The summed E-state index contributed by atoms with van der Waals surface area (Å²) < 4.78 is 2.00. The molecule has 1 aromatic heterocycles. The van der Waals surface area contributed by atoms with Gasteiger partial charge in [-0.3, -0.25) is 4.79 Å². The molecule has 0 aliphatic rings. The van der Waals surface area contributed by atoms with E-state index in [2.05, 4.69) is 10.3 Å². The summed E-state index contributed by atoms with van der Waals surface area (Å²) in [6.45, 7) is 4.03. The smallest absolute Gasteiger partial charge is 0.251 e. The Kier molecular flexibility index (Phi) is 4.39. The molecule has 0 bridgehead atoms. The van der Waals surface area contributed by atoms with Crippen molar-refractivity contribution >= 4 is 16.9 Å². The van der Waals surface area contributed by atoms with E-state index < -0.39 is 0 Å². The molecule has 1 heterocycles. The van der Waals surface area contributed by atoms with E-state index in [-0.39, 0.29) is 18.6 Å². The van der Waals surface area contributed by atoms with E-state index >= 15 is 0 Å². The van der Waals surface area contributed by atoms with Crippen LogP contribution in [0.3, 0.4) is 0 Å². The van der Waals surface area contributed by atoms with E-state index in [1.54, 1.807) is 0 Å². The Labute approximate surface area is 118 Å². The van der Waals surface area contributed by atoms with Crippen LogP contribution in [-0.2, 0) is 7.05 Å². The number of nitrogens with one attached hydrogen (secondary N) is 1. The predicted molar refractivity (Wildman–Crippen MR) is 78.7 cm³/mol. The lowest BCUT2D eigenvalue weighted by molar-refractivity contribution is 0.0936. The van der Waals surface area contributed by atoms with Crippen LogP contribution >= 0.6 is 0 Å². The molecule has 0 fully saturated rings. The lowest BCUT2D eigenvalue weighted by Crippen LogP contribution is -2.32. The van der Waals surface area contributed by atoms with E-state index in [9.17, 15) is 4.79 Å². The zero-order valence-corrected chi connectivity index (χ0v) is 12.2. The number of aryl methyl sites for hydroxylation is 2. The zero-order chi connectivity index (χ0) is 14.7. The van der Waals surface area contributed by atoms with Gasteiger partial charge in [-0.15, -0.1) is 0 Å². The normalized spacial score (nSPS) is 12.6. The molecule has 2 rings (SSSR count). The molecule has 20 heavy (non-hydrogen) atoms. The number of nitrogens with zero attached hydrogens (tertiary/aromatic N) is 2. The van der Waals surface area contributed by atoms with E-state index in [1.165, 1.54) is 0 Å². The molecule has 5 nitrogen and oxygen atoms in total. The molecule has 2 aromatic rings. The van der Waals surface area contributed by atoms with E-state index in [1.807, 2.05) is 43.7 Å². The van der Waals surface area contributed by atoms with Crippen molar-refractivity contribution in [2.45, 2.75) is 32.7 Å². The van der Waals surface area contributed by atoms with Gasteiger partial charge in [-0.05, 0) is 44.9 Å². The monoisotopic (exact) mass is 275 g/mol. The van der Waals surface area contributed by atoms with Crippen molar-refractivity contribution in [1.29, 1.82) is 0 Å². The molecule has 0 spiro atoms. The lowest BCUT2D eigenvalue weighted by atomic mass is 10.1. The van der Waals surface area contributed by atoms with Crippen LogP contribution in [0.4, 0.5) is 0 Å². The van der Waals surface area contributed by atoms with Crippen LogP contribution in [0, 0.1) is 6.92 Å². The van der Waals surface area contributed by atoms with Crippen molar-refractivity contribution in [2.75, 3.05) is 6.61 Å². The number of fused-ring (bicyclic) bond motifs is 1. The maximum absolute atomic E-state index is 12.1. The number of carbonyl (C=O) groups is 1. The molecule has 0 aliphatic carbocycles. The summed E-state index contributed by atoms with van der Waals surface area (Å²) in [6, 6.07) is 5.60.